The first-order valence-electron chi connectivity index (χ1n) is 8.12. The van der Waals surface area contributed by atoms with E-state index in [1.54, 1.807) is 13.8 Å². The second-order valence-corrected chi connectivity index (χ2v) is 7.25. The topological polar surface area (TPSA) is 54.9 Å². The summed E-state index contributed by atoms with van der Waals surface area (Å²) in [6, 6.07) is 11.9. The molecular weight excluding hydrogens is 375 g/mol. The molecule has 0 spiro atoms. The number of benzene rings is 2. The predicted molar refractivity (Wildman–Crippen MR) is 99.7 cm³/mol. The number of fused-ring (bicyclic) bond motifs is 1. The van der Waals surface area contributed by atoms with Crippen molar-refractivity contribution in [1.29, 1.82) is 0 Å². The van der Waals surface area contributed by atoms with Crippen LogP contribution in [-0.4, -0.2) is 21.1 Å². The highest BCUT2D eigenvalue weighted by Gasteiger charge is 2.30. The van der Waals surface area contributed by atoms with E-state index in [1.165, 1.54) is 23.9 Å². The van der Waals surface area contributed by atoms with Gasteiger partial charge in [-0.05, 0) is 44.2 Å². The Morgan fingerprint density at radius 2 is 1.74 bits per heavy atom. The molecule has 0 unspecified atom stereocenters. The maximum atomic E-state index is 12.6. The van der Waals surface area contributed by atoms with Crippen molar-refractivity contribution in [3.05, 3.63) is 59.9 Å². The average molecular weight is 391 g/mol. The summed E-state index contributed by atoms with van der Waals surface area (Å²) in [7, 11) is 0. The van der Waals surface area contributed by atoms with E-state index in [9.17, 15) is 18.0 Å². The van der Waals surface area contributed by atoms with Crippen molar-refractivity contribution < 1.29 is 18.0 Å². The number of halogens is 3. The lowest BCUT2D eigenvalue weighted by molar-refractivity contribution is -0.137. The fraction of sp³-hybridized carbons (Fsp3) is 0.211. The summed E-state index contributed by atoms with van der Waals surface area (Å²) in [5, 5.41) is 3.67. The lowest BCUT2D eigenvalue weighted by Gasteiger charge is -2.14. The monoisotopic (exact) mass is 391 g/mol. The Hall–Kier alpha value is -2.61. The normalized spacial score (nSPS) is 12.8. The van der Waals surface area contributed by atoms with Crippen molar-refractivity contribution in [1.82, 2.24) is 9.97 Å². The number of alkyl halides is 3. The second kappa shape index (κ2) is 7.56. The van der Waals surface area contributed by atoms with Gasteiger partial charge in [0, 0.05) is 11.1 Å². The van der Waals surface area contributed by atoms with Crippen molar-refractivity contribution in [3.63, 3.8) is 0 Å². The maximum absolute atomic E-state index is 12.6. The van der Waals surface area contributed by atoms with Crippen LogP contribution in [0.4, 0.5) is 18.9 Å². The van der Waals surface area contributed by atoms with Crippen molar-refractivity contribution >= 4 is 34.3 Å². The van der Waals surface area contributed by atoms with Gasteiger partial charge in [0.2, 0.25) is 5.91 Å². The van der Waals surface area contributed by atoms with E-state index in [0.29, 0.717) is 16.5 Å². The third kappa shape index (κ3) is 4.57. The zero-order valence-corrected chi connectivity index (χ0v) is 15.4. The molecule has 0 saturated heterocycles. The smallest absolute Gasteiger partial charge is 0.325 e. The number of thioether (sulfide) groups is 1. The first kappa shape index (κ1) is 19.2. The van der Waals surface area contributed by atoms with Gasteiger partial charge in [-0.2, -0.15) is 13.2 Å². The number of para-hydroxylation sites is 1. The molecule has 3 rings (SSSR count). The van der Waals surface area contributed by atoms with Crippen LogP contribution in [0.25, 0.3) is 10.9 Å². The molecule has 0 saturated carbocycles. The van der Waals surface area contributed by atoms with Gasteiger partial charge < -0.3 is 5.32 Å². The number of amides is 1. The lowest BCUT2D eigenvalue weighted by atomic mass is 10.2. The van der Waals surface area contributed by atoms with Gasteiger partial charge in [0.15, 0.2) is 0 Å². The predicted octanol–water partition coefficient (Wildman–Crippen LogP) is 5.08. The zero-order valence-electron chi connectivity index (χ0n) is 14.5. The van der Waals surface area contributed by atoms with Gasteiger partial charge in [-0.25, -0.2) is 9.97 Å². The molecule has 0 aliphatic rings. The van der Waals surface area contributed by atoms with Crippen molar-refractivity contribution in [2.75, 3.05) is 5.32 Å². The quantitative estimate of drug-likeness (QED) is 0.498. The SMILES string of the molecule is Cc1nc(S[C@H](C)C(=O)Nc2ccc(C(F)(F)F)cc2)c2ccccc2n1. The molecule has 0 bridgehead atoms. The molecule has 2 aromatic carbocycles. The van der Waals surface area contributed by atoms with Crippen LogP contribution in [0, 0.1) is 6.92 Å². The molecule has 1 N–H and O–H groups in total. The summed E-state index contributed by atoms with van der Waals surface area (Å²) < 4.78 is 37.8. The molecule has 27 heavy (non-hydrogen) atoms. The molecule has 1 amide bonds. The van der Waals surface area contributed by atoms with E-state index in [2.05, 4.69) is 15.3 Å². The summed E-state index contributed by atoms with van der Waals surface area (Å²) >= 11 is 1.28. The molecule has 0 aliphatic carbocycles. The Morgan fingerprint density at radius 3 is 2.41 bits per heavy atom. The van der Waals surface area contributed by atoms with Gasteiger partial charge in [0.1, 0.15) is 10.9 Å². The fourth-order valence-corrected chi connectivity index (χ4v) is 3.44. The van der Waals surface area contributed by atoms with E-state index < -0.39 is 17.0 Å². The van der Waals surface area contributed by atoms with E-state index in [1.807, 2.05) is 24.3 Å². The third-order valence-electron chi connectivity index (χ3n) is 3.82. The third-order valence-corrected chi connectivity index (χ3v) is 4.92. The molecule has 140 valence electrons. The van der Waals surface area contributed by atoms with Gasteiger partial charge in [-0.1, -0.05) is 30.0 Å². The number of rotatable bonds is 4. The average Bonchev–Trinajstić information content (AvgIpc) is 2.61. The molecule has 1 atom stereocenters. The largest absolute Gasteiger partial charge is 0.416 e. The van der Waals surface area contributed by atoms with E-state index in [4.69, 9.17) is 0 Å². The molecule has 4 nitrogen and oxygen atoms in total. The van der Waals surface area contributed by atoms with Gasteiger partial charge in [-0.3, -0.25) is 4.79 Å². The van der Waals surface area contributed by atoms with Gasteiger partial charge in [-0.15, -0.1) is 0 Å². The van der Waals surface area contributed by atoms with E-state index >= 15 is 0 Å². The van der Waals surface area contributed by atoms with E-state index in [-0.39, 0.29) is 5.91 Å². The Bertz CT molecular complexity index is 974. The molecule has 1 heterocycles. The Balaban J connectivity index is 1.73. The summed E-state index contributed by atoms with van der Waals surface area (Å²) in [4.78, 5) is 21.2. The van der Waals surface area contributed by atoms with Crippen LogP contribution in [0.1, 0.15) is 18.3 Å². The number of aryl methyl sites for hydroxylation is 1. The summed E-state index contributed by atoms with van der Waals surface area (Å²) in [6.45, 7) is 3.50. The van der Waals surface area contributed by atoms with Crippen molar-refractivity contribution in [2.45, 2.75) is 30.3 Å². The van der Waals surface area contributed by atoms with Gasteiger partial charge >= 0.3 is 6.18 Å². The van der Waals surface area contributed by atoms with Crippen LogP contribution in [-0.2, 0) is 11.0 Å². The van der Waals surface area contributed by atoms with Crippen LogP contribution in [0.15, 0.2) is 53.6 Å². The zero-order chi connectivity index (χ0) is 19.6. The molecular formula is C19H16F3N3OS. The Labute approximate surface area is 158 Å². The number of carbonyl (C=O) groups is 1. The first-order valence-corrected chi connectivity index (χ1v) is 9.00. The molecule has 8 heteroatoms. The van der Waals surface area contributed by atoms with Gasteiger partial charge in [0.05, 0.1) is 16.3 Å². The number of nitrogens with one attached hydrogen (secondary N) is 1. The number of hydrogen-bond donors (Lipinski definition) is 1. The minimum absolute atomic E-state index is 0.309. The van der Waals surface area contributed by atoms with Crippen molar-refractivity contribution in [3.8, 4) is 0 Å². The standard InChI is InChI=1S/C19H16F3N3OS/c1-11(17(26)25-14-9-7-13(8-10-14)19(20,21)22)27-18-15-5-3-4-6-16(15)23-12(2)24-18/h3-11H,1-2H3,(H,25,26)/t11-/m1/s1. The summed E-state index contributed by atoms with van der Waals surface area (Å²) in [6.07, 6.45) is -4.41. The summed E-state index contributed by atoms with van der Waals surface area (Å²) in [5.74, 6) is 0.284. The molecule has 1 aromatic heterocycles. The Kier molecular flexibility index (Phi) is 5.36. The Morgan fingerprint density at radius 1 is 1.07 bits per heavy atom. The minimum Gasteiger partial charge on any atom is -0.325 e. The van der Waals surface area contributed by atoms with Crippen LogP contribution >= 0.6 is 11.8 Å². The number of carbonyl (C=O) groups excluding carboxylic acids is 1. The molecule has 3 aromatic rings. The number of aromatic nitrogens is 2. The lowest BCUT2D eigenvalue weighted by Crippen LogP contribution is -2.22. The number of nitrogens with zero attached hydrogens (tertiary/aromatic N) is 2. The highest BCUT2D eigenvalue weighted by Crippen LogP contribution is 2.31. The summed E-state index contributed by atoms with van der Waals surface area (Å²) in [5.41, 5.74) is 0.345. The molecule has 0 aliphatic heterocycles. The molecule has 0 radical (unpaired) electrons. The highest BCUT2D eigenvalue weighted by molar-refractivity contribution is 8.00. The van der Waals surface area contributed by atoms with Crippen LogP contribution < -0.4 is 5.32 Å². The van der Waals surface area contributed by atoms with Gasteiger partial charge in [0.25, 0.3) is 0 Å². The number of anilines is 1. The first-order chi connectivity index (χ1) is 12.7. The number of hydrogen-bond acceptors (Lipinski definition) is 4. The maximum Gasteiger partial charge on any atom is 0.416 e. The molecule has 0 fully saturated rings. The highest BCUT2D eigenvalue weighted by atomic mass is 32.2. The van der Waals surface area contributed by atoms with Crippen LogP contribution in [0.5, 0.6) is 0 Å². The minimum atomic E-state index is -4.41. The second-order valence-electron chi connectivity index (χ2n) is 5.92. The van der Waals surface area contributed by atoms with Crippen molar-refractivity contribution in [2.24, 2.45) is 0 Å². The van der Waals surface area contributed by atoms with E-state index in [0.717, 1.165) is 23.0 Å². The fourth-order valence-electron chi connectivity index (χ4n) is 2.46. The van der Waals surface area contributed by atoms with Crippen LogP contribution in [0.2, 0.25) is 0 Å². The van der Waals surface area contributed by atoms with Crippen LogP contribution in [0.3, 0.4) is 0 Å².